The molecule has 14 heteroatoms. The SMILES string of the molecule is COC(=O)NC(C(=O)N1C2CCC(C2)C1c1nc2c(ccc3cc(-c4ccc5c(ccc6[nH]c(C7CCCN7C(=O)C(NC(=O)C(C)(C)O)C7C=CC=CC7)nc65)c4)ccc32)[nH]1)C(C)C. The highest BCUT2D eigenvalue weighted by Gasteiger charge is 2.51. The fraction of sp³-hybridized carbons (Fsp3) is 0.412. The van der Waals surface area contributed by atoms with Gasteiger partial charge in [0, 0.05) is 29.3 Å². The molecule has 6 aromatic rings. The van der Waals surface area contributed by atoms with Crippen molar-refractivity contribution in [2.24, 2.45) is 17.8 Å². The first-order chi connectivity index (χ1) is 31.3. The van der Waals surface area contributed by atoms with E-state index in [-0.39, 0.29) is 47.7 Å². The lowest BCUT2D eigenvalue weighted by Crippen LogP contribution is -2.56. The van der Waals surface area contributed by atoms with Crippen molar-refractivity contribution in [2.75, 3.05) is 13.7 Å². The van der Waals surface area contributed by atoms with Crippen molar-refractivity contribution in [2.45, 2.75) is 102 Å². The molecule has 2 aromatic heterocycles. The standard InChI is InChI=1S/C51H56N8O6/c1-27(2)40(57-50(63)65-5)48(61)59-34-18-13-33(26-34)44(59)46-53-38-22-17-32-25-30(15-20-36(32)43(38)55-46)29-14-19-35-31(24-29)16-21-37-42(35)54-45(52-37)39-12-9-23-58(39)47(60)41(28-10-7-6-8-11-28)56-49(62)51(3,4)64/h6-8,10,14-17,19-22,24-25,27-28,33-34,39-41,44,64H,9,11-13,18,23,26H2,1-5H3,(H,52,54)(H,53,55)(H,56,62)(H,57,63). The molecule has 3 fully saturated rings. The molecule has 4 aliphatic rings. The van der Waals surface area contributed by atoms with Gasteiger partial charge in [0.05, 0.1) is 41.3 Å². The van der Waals surface area contributed by atoms with Crippen LogP contribution in [0.1, 0.15) is 90.0 Å². The summed E-state index contributed by atoms with van der Waals surface area (Å²) in [7, 11) is 1.31. The molecular weight excluding hydrogens is 821 g/mol. The maximum absolute atomic E-state index is 14.3. The van der Waals surface area contributed by atoms with Crippen molar-refractivity contribution >= 4 is 67.4 Å². The van der Waals surface area contributed by atoms with Gasteiger partial charge < -0.3 is 40.2 Å². The number of allylic oxidation sites excluding steroid dienone is 3. The molecule has 0 radical (unpaired) electrons. The normalized spacial score (nSPS) is 22.7. The number of imidazole rings is 2. The molecule has 7 atom stereocenters. The smallest absolute Gasteiger partial charge is 0.407 e. The van der Waals surface area contributed by atoms with Gasteiger partial charge in [-0.05, 0) is 110 Å². The first-order valence-corrected chi connectivity index (χ1v) is 23.0. The minimum Gasteiger partial charge on any atom is -0.453 e. The summed E-state index contributed by atoms with van der Waals surface area (Å²) in [5.74, 6) is 0.569. The average molecular weight is 877 g/mol. The molecular formula is C51H56N8O6. The summed E-state index contributed by atoms with van der Waals surface area (Å²) >= 11 is 0. The van der Waals surface area contributed by atoms with Crippen molar-refractivity contribution in [1.29, 1.82) is 0 Å². The molecule has 0 spiro atoms. The molecule has 2 bridgehead atoms. The number of benzene rings is 4. The number of hydrogen-bond acceptors (Lipinski definition) is 8. The number of nitrogens with zero attached hydrogens (tertiary/aromatic N) is 4. The van der Waals surface area contributed by atoms with Gasteiger partial charge in [0.15, 0.2) is 0 Å². The number of likely N-dealkylation sites (tertiary alicyclic amines) is 2. The predicted octanol–water partition coefficient (Wildman–Crippen LogP) is 7.90. The van der Waals surface area contributed by atoms with E-state index in [1.807, 2.05) is 54.0 Å². The number of aromatic amines is 2. The Bertz CT molecular complexity index is 2940. The minimum atomic E-state index is -1.63. The summed E-state index contributed by atoms with van der Waals surface area (Å²) in [6.45, 7) is 7.26. The van der Waals surface area contributed by atoms with E-state index in [1.54, 1.807) is 0 Å². The number of fused-ring (bicyclic) bond motifs is 8. The highest BCUT2D eigenvalue weighted by Crippen LogP contribution is 2.50. The number of methoxy groups -OCH3 is 1. The number of carbonyl (C=O) groups is 4. The third-order valence-electron chi connectivity index (χ3n) is 14.2. The molecule has 2 aliphatic carbocycles. The number of carbonyl (C=O) groups excluding carboxylic acids is 4. The molecule has 4 amide bonds. The van der Waals surface area contributed by atoms with Crippen LogP contribution >= 0.6 is 0 Å². The lowest BCUT2D eigenvalue weighted by Gasteiger charge is -2.37. The second kappa shape index (κ2) is 16.5. The molecule has 336 valence electrons. The number of ether oxygens (including phenoxy) is 1. The minimum absolute atomic E-state index is 0.0969. The van der Waals surface area contributed by atoms with Gasteiger partial charge in [0.25, 0.3) is 5.91 Å². The van der Waals surface area contributed by atoms with Crippen molar-refractivity contribution in [3.63, 3.8) is 0 Å². The molecule has 7 unspecified atom stereocenters. The zero-order valence-corrected chi connectivity index (χ0v) is 37.4. The zero-order valence-electron chi connectivity index (χ0n) is 37.4. The first kappa shape index (κ1) is 42.4. The van der Waals surface area contributed by atoms with E-state index >= 15 is 0 Å². The van der Waals surface area contributed by atoms with Crippen molar-refractivity contribution in [1.82, 2.24) is 40.4 Å². The van der Waals surface area contributed by atoms with Crippen LogP contribution in [0.15, 0.2) is 85.0 Å². The Morgan fingerprint density at radius 2 is 1.49 bits per heavy atom. The number of aliphatic hydroxyl groups is 1. The van der Waals surface area contributed by atoms with E-state index in [0.29, 0.717) is 18.8 Å². The van der Waals surface area contributed by atoms with Crippen LogP contribution in [0.5, 0.6) is 0 Å². The van der Waals surface area contributed by atoms with Crippen LogP contribution in [0.3, 0.4) is 0 Å². The Morgan fingerprint density at radius 3 is 2.11 bits per heavy atom. The van der Waals surface area contributed by atoms with E-state index in [0.717, 1.165) is 92.7 Å². The van der Waals surface area contributed by atoms with Crippen LogP contribution in [0, 0.1) is 17.8 Å². The zero-order chi connectivity index (χ0) is 45.3. The number of alkyl carbamates (subject to hydrolysis) is 1. The number of rotatable bonds is 10. The van der Waals surface area contributed by atoms with Crippen molar-refractivity contribution < 1.29 is 29.0 Å². The number of nitrogens with one attached hydrogen (secondary N) is 4. The van der Waals surface area contributed by atoms with Gasteiger partial charge in [0.1, 0.15) is 29.3 Å². The van der Waals surface area contributed by atoms with E-state index in [1.165, 1.54) is 21.0 Å². The molecule has 5 N–H and O–H groups in total. The monoisotopic (exact) mass is 876 g/mol. The van der Waals surface area contributed by atoms with Crippen LogP contribution in [0.2, 0.25) is 0 Å². The summed E-state index contributed by atoms with van der Waals surface area (Å²) in [6.07, 6.45) is 12.2. The highest BCUT2D eigenvalue weighted by atomic mass is 16.5. The molecule has 65 heavy (non-hydrogen) atoms. The Hall–Kier alpha value is -6.54. The highest BCUT2D eigenvalue weighted by molar-refractivity contribution is 6.07. The van der Waals surface area contributed by atoms with Crippen LogP contribution in [0.4, 0.5) is 4.79 Å². The first-order valence-electron chi connectivity index (χ1n) is 23.0. The van der Waals surface area contributed by atoms with E-state index in [9.17, 15) is 24.3 Å². The summed E-state index contributed by atoms with van der Waals surface area (Å²) in [4.78, 5) is 74.9. The number of hydrogen-bond donors (Lipinski definition) is 5. The molecule has 14 nitrogen and oxygen atoms in total. The van der Waals surface area contributed by atoms with Gasteiger partial charge in [-0.15, -0.1) is 0 Å². The second-order valence-corrected chi connectivity index (χ2v) is 19.2. The fourth-order valence-electron chi connectivity index (χ4n) is 10.8. The van der Waals surface area contributed by atoms with E-state index in [4.69, 9.17) is 14.7 Å². The fourth-order valence-corrected chi connectivity index (χ4v) is 10.8. The van der Waals surface area contributed by atoms with E-state index < -0.39 is 29.7 Å². The van der Waals surface area contributed by atoms with Gasteiger partial charge in [-0.2, -0.15) is 0 Å². The van der Waals surface area contributed by atoms with Crippen LogP contribution in [0.25, 0.3) is 54.7 Å². The molecule has 2 aliphatic heterocycles. The van der Waals surface area contributed by atoms with Crippen LogP contribution in [-0.4, -0.2) is 96.0 Å². The Kier molecular flexibility index (Phi) is 10.7. The average Bonchev–Trinajstić information content (AvgIpc) is 4.17. The second-order valence-electron chi connectivity index (χ2n) is 19.2. The third kappa shape index (κ3) is 7.60. The summed E-state index contributed by atoms with van der Waals surface area (Å²) in [6, 6.07) is 19.3. The molecule has 2 saturated heterocycles. The van der Waals surface area contributed by atoms with Gasteiger partial charge in [0.2, 0.25) is 11.8 Å². The number of aromatic nitrogens is 4. The largest absolute Gasteiger partial charge is 0.453 e. The van der Waals surface area contributed by atoms with Crippen molar-refractivity contribution in [3.8, 4) is 11.1 Å². The lowest BCUT2D eigenvalue weighted by atomic mass is 9.90. The van der Waals surface area contributed by atoms with E-state index in [2.05, 4.69) is 75.2 Å². The Balaban J connectivity index is 0.912. The number of H-pyrrole nitrogens is 2. The topological polar surface area (TPSA) is 186 Å². The molecule has 1 saturated carbocycles. The molecule has 4 aromatic carbocycles. The van der Waals surface area contributed by atoms with Gasteiger partial charge >= 0.3 is 6.09 Å². The number of amides is 4. The van der Waals surface area contributed by atoms with Crippen LogP contribution < -0.4 is 10.6 Å². The maximum atomic E-state index is 14.3. The lowest BCUT2D eigenvalue weighted by molar-refractivity contribution is -0.144. The van der Waals surface area contributed by atoms with Crippen LogP contribution in [-0.2, 0) is 19.1 Å². The third-order valence-corrected chi connectivity index (χ3v) is 14.2. The maximum Gasteiger partial charge on any atom is 0.407 e. The van der Waals surface area contributed by atoms with Gasteiger partial charge in [-0.3, -0.25) is 14.4 Å². The van der Waals surface area contributed by atoms with Gasteiger partial charge in [-0.1, -0.05) is 74.5 Å². The Labute approximate surface area is 376 Å². The van der Waals surface area contributed by atoms with Gasteiger partial charge in [-0.25, -0.2) is 14.8 Å². The molecule has 10 rings (SSSR count). The predicted molar refractivity (Wildman–Crippen MR) is 249 cm³/mol. The summed E-state index contributed by atoms with van der Waals surface area (Å²) in [5, 5.41) is 20.2. The Morgan fingerprint density at radius 1 is 0.831 bits per heavy atom. The van der Waals surface area contributed by atoms with Crippen molar-refractivity contribution in [3.05, 3.63) is 96.6 Å². The number of piperidine rings is 1. The quantitative estimate of drug-likeness (QED) is 0.0920. The summed E-state index contributed by atoms with van der Waals surface area (Å²) < 4.78 is 4.86. The summed E-state index contributed by atoms with van der Waals surface area (Å²) in [5.41, 5.74) is 4.00. The molecule has 4 heterocycles.